The third kappa shape index (κ3) is 6.37. The van der Waals surface area contributed by atoms with Crippen LogP contribution in [0.1, 0.15) is 34.6 Å². The van der Waals surface area contributed by atoms with Crippen molar-refractivity contribution in [3.8, 4) is 0 Å². The average Bonchev–Trinajstić information content (AvgIpc) is 2.47. The van der Waals surface area contributed by atoms with E-state index in [0.717, 1.165) is 12.0 Å². The molecule has 0 saturated heterocycles. The fourth-order valence-electron chi connectivity index (χ4n) is 1.93. The number of rotatable bonds is 6. The zero-order valence-electron chi connectivity index (χ0n) is 12.8. The van der Waals surface area contributed by atoms with Crippen LogP contribution in [0.15, 0.2) is 46.9 Å². The first-order valence-corrected chi connectivity index (χ1v) is 7.17. The Morgan fingerprint density at radius 2 is 2.18 bits per heavy atom. The molecule has 0 aliphatic carbocycles. The van der Waals surface area contributed by atoms with Gasteiger partial charge < -0.3 is 5.32 Å². The number of hydrogen-bond acceptors (Lipinski definition) is 3. The Balaban J connectivity index is 0.00000441. The van der Waals surface area contributed by atoms with E-state index < -0.39 is 0 Å². The lowest BCUT2D eigenvalue weighted by Crippen LogP contribution is -2.24. The number of hydrogen-bond donors (Lipinski definition) is 2. The van der Waals surface area contributed by atoms with Crippen LogP contribution < -0.4 is 10.8 Å². The summed E-state index contributed by atoms with van der Waals surface area (Å²) in [6, 6.07) is 0. The maximum Gasteiger partial charge on any atom is 0.250 e. The Labute approximate surface area is 132 Å². The van der Waals surface area contributed by atoms with E-state index in [9.17, 15) is 9.18 Å². The van der Waals surface area contributed by atoms with Gasteiger partial charge in [-0.1, -0.05) is 32.6 Å². The molecule has 0 aromatic rings. The molecule has 5 heteroatoms. The Hall–Kier alpha value is -1.72. The van der Waals surface area contributed by atoms with E-state index in [4.69, 9.17) is 4.84 Å². The van der Waals surface area contributed by atoms with Gasteiger partial charge in [-0.15, -0.1) is 0 Å². The molecule has 1 heterocycles. The summed E-state index contributed by atoms with van der Waals surface area (Å²) in [5.74, 6) is -0.447. The molecule has 1 aliphatic rings. The van der Waals surface area contributed by atoms with Gasteiger partial charge in [0.05, 0.1) is 6.61 Å². The highest BCUT2D eigenvalue weighted by atomic mass is 19.1. The zero-order valence-corrected chi connectivity index (χ0v) is 12.8. The van der Waals surface area contributed by atoms with Gasteiger partial charge >= 0.3 is 0 Å². The highest BCUT2D eigenvalue weighted by Gasteiger charge is 2.11. The lowest BCUT2D eigenvalue weighted by molar-refractivity contribution is -0.117. The molecule has 0 fully saturated rings. The fourth-order valence-corrected chi connectivity index (χ4v) is 1.93. The molecule has 0 spiro atoms. The molecule has 0 saturated carbocycles. The first-order chi connectivity index (χ1) is 10.1. The van der Waals surface area contributed by atoms with Gasteiger partial charge in [0.2, 0.25) is 0 Å². The van der Waals surface area contributed by atoms with E-state index in [0.29, 0.717) is 30.8 Å². The van der Waals surface area contributed by atoms with E-state index in [-0.39, 0.29) is 19.2 Å². The minimum atomic E-state index is -0.297. The van der Waals surface area contributed by atoms with Crippen molar-refractivity contribution in [3.63, 3.8) is 0 Å². The summed E-state index contributed by atoms with van der Waals surface area (Å²) in [7, 11) is 0. The molecule has 22 heavy (non-hydrogen) atoms. The van der Waals surface area contributed by atoms with Crippen molar-refractivity contribution >= 4 is 5.91 Å². The number of amides is 1. The Bertz CT molecular complexity index is 487. The number of hydroxylamine groups is 1. The summed E-state index contributed by atoms with van der Waals surface area (Å²) < 4.78 is 13.7. The van der Waals surface area contributed by atoms with Gasteiger partial charge in [-0.3, -0.25) is 9.63 Å². The Morgan fingerprint density at radius 1 is 1.45 bits per heavy atom. The van der Waals surface area contributed by atoms with Crippen LogP contribution in [0.25, 0.3) is 0 Å². The Morgan fingerprint density at radius 3 is 2.68 bits per heavy atom. The van der Waals surface area contributed by atoms with Gasteiger partial charge in [-0.05, 0) is 31.9 Å². The average molecular weight is 310 g/mol. The summed E-state index contributed by atoms with van der Waals surface area (Å²) in [6.07, 6.45) is 7.71. The van der Waals surface area contributed by atoms with Crippen LogP contribution in [0.4, 0.5) is 4.39 Å². The van der Waals surface area contributed by atoms with Gasteiger partial charge in [-0.25, -0.2) is 4.39 Å². The topological polar surface area (TPSA) is 50.4 Å². The van der Waals surface area contributed by atoms with Crippen molar-refractivity contribution in [2.75, 3.05) is 19.7 Å². The predicted molar refractivity (Wildman–Crippen MR) is 88.8 cm³/mol. The molecule has 0 aromatic carbocycles. The van der Waals surface area contributed by atoms with E-state index in [1.54, 1.807) is 12.2 Å². The zero-order chi connectivity index (χ0) is 15.7. The van der Waals surface area contributed by atoms with Crippen molar-refractivity contribution < 1.29 is 14.0 Å². The van der Waals surface area contributed by atoms with Crippen molar-refractivity contribution in [2.45, 2.75) is 34.6 Å². The summed E-state index contributed by atoms with van der Waals surface area (Å²) in [5, 5.41) is 2.75. The predicted octanol–water partition coefficient (Wildman–Crippen LogP) is 3.36. The van der Waals surface area contributed by atoms with Crippen molar-refractivity contribution in [2.24, 2.45) is 0 Å². The SMILES string of the molecule is C.CC/C=C(/C=C\C(C1=CCNOC1)=C(/C)F)C(=O)NCC. The van der Waals surface area contributed by atoms with Crippen molar-refractivity contribution in [3.05, 3.63) is 46.9 Å². The largest absolute Gasteiger partial charge is 0.352 e. The highest BCUT2D eigenvalue weighted by molar-refractivity contribution is 5.96. The van der Waals surface area contributed by atoms with Gasteiger partial charge in [-0.2, -0.15) is 5.48 Å². The first kappa shape index (κ1) is 20.3. The molecule has 0 bridgehead atoms. The first-order valence-electron chi connectivity index (χ1n) is 7.17. The fraction of sp³-hybridized carbons (Fsp3) is 0.471. The Kier molecular flexibility index (Phi) is 10.1. The second-order valence-corrected chi connectivity index (χ2v) is 4.57. The normalized spacial score (nSPS) is 16.7. The second-order valence-electron chi connectivity index (χ2n) is 4.57. The van der Waals surface area contributed by atoms with E-state index >= 15 is 0 Å². The number of allylic oxidation sites excluding steroid dienone is 3. The van der Waals surface area contributed by atoms with E-state index in [2.05, 4.69) is 10.8 Å². The third-order valence-corrected chi connectivity index (χ3v) is 2.93. The van der Waals surface area contributed by atoms with Crippen LogP contribution in [-0.4, -0.2) is 25.6 Å². The molecule has 1 rings (SSSR count). The minimum Gasteiger partial charge on any atom is -0.352 e. The van der Waals surface area contributed by atoms with Crippen molar-refractivity contribution in [1.29, 1.82) is 0 Å². The van der Waals surface area contributed by atoms with Crippen LogP contribution in [-0.2, 0) is 9.63 Å². The van der Waals surface area contributed by atoms with E-state index in [1.165, 1.54) is 6.92 Å². The smallest absolute Gasteiger partial charge is 0.250 e. The number of nitrogens with one attached hydrogen (secondary N) is 2. The molecule has 1 amide bonds. The van der Waals surface area contributed by atoms with Crippen molar-refractivity contribution in [1.82, 2.24) is 10.8 Å². The molecule has 4 nitrogen and oxygen atoms in total. The van der Waals surface area contributed by atoms with Gasteiger partial charge in [0.1, 0.15) is 5.83 Å². The molecule has 0 atom stereocenters. The molecule has 124 valence electrons. The van der Waals surface area contributed by atoms with E-state index in [1.807, 2.05) is 26.0 Å². The summed E-state index contributed by atoms with van der Waals surface area (Å²) in [5.41, 5.74) is 4.48. The molecular formula is C17H27FN2O2. The molecule has 1 aliphatic heterocycles. The van der Waals surface area contributed by atoms with Gasteiger partial charge in [0.25, 0.3) is 5.91 Å². The molecule has 0 aromatic heterocycles. The summed E-state index contributed by atoms with van der Waals surface area (Å²) in [4.78, 5) is 17.0. The number of carbonyl (C=O) groups is 1. The monoisotopic (exact) mass is 310 g/mol. The molecular weight excluding hydrogens is 283 g/mol. The quantitative estimate of drug-likeness (QED) is 0.584. The highest BCUT2D eigenvalue weighted by Crippen LogP contribution is 2.20. The number of carbonyl (C=O) groups excluding carboxylic acids is 1. The maximum absolute atomic E-state index is 13.7. The number of likely N-dealkylation sites (N-methyl/N-ethyl adjacent to an activating group) is 1. The molecule has 0 unspecified atom stereocenters. The summed E-state index contributed by atoms with van der Waals surface area (Å²) >= 11 is 0. The van der Waals surface area contributed by atoms with Crippen LogP contribution in [0, 0.1) is 0 Å². The number of halogens is 1. The maximum atomic E-state index is 13.7. The molecule has 2 N–H and O–H groups in total. The van der Waals surface area contributed by atoms with Gasteiger partial charge in [0.15, 0.2) is 0 Å². The second kappa shape index (κ2) is 10.9. The van der Waals surface area contributed by atoms with Crippen LogP contribution in [0.2, 0.25) is 0 Å². The lowest BCUT2D eigenvalue weighted by atomic mass is 10.0. The van der Waals surface area contributed by atoms with Crippen LogP contribution in [0.3, 0.4) is 0 Å². The third-order valence-electron chi connectivity index (χ3n) is 2.93. The lowest BCUT2D eigenvalue weighted by Gasteiger charge is -2.15. The van der Waals surface area contributed by atoms with Crippen LogP contribution >= 0.6 is 0 Å². The van der Waals surface area contributed by atoms with Crippen LogP contribution in [0.5, 0.6) is 0 Å². The minimum absolute atomic E-state index is 0. The summed E-state index contributed by atoms with van der Waals surface area (Å²) in [6.45, 7) is 6.61. The molecule has 0 radical (unpaired) electrons. The van der Waals surface area contributed by atoms with Gasteiger partial charge in [0, 0.05) is 24.2 Å². The standard InChI is InChI=1S/C16H23FN2O2.CH4/c1-4-6-13(16(20)18-5-2)7-8-15(12(3)17)14-9-10-19-21-11-14;/h6-9,19H,4-5,10-11H2,1-3H3,(H,18,20);1H4/b8-7-,13-6-,15-12-;.